The van der Waals surface area contributed by atoms with Crippen LogP contribution in [0.3, 0.4) is 0 Å². The van der Waals surface area contributed by atoms with Gasteiger partial charge in [0.15, 0.2) is 0 Å². The number of aliphatic carboxylic acids is 1. The predicted molar refractivity (Wildman–Crippen MR) is 64.1 cm³/mol. The highest BCUT2D eigenvalue weighted by molar-refractivity contribution is 5.76. The molecule has 92 valence electrons. The number of ether oxygens (including phenoxy) is 1. The Morgan fingerprint density at radius 2 is 2.06 bits per heavy atom. The van der Waals surface area contributed by atoms with Crippen LogP contribution in [0.15, 0.2) is 24.3 Å². The van der Waals surface area contributed by atoms with Gasteiger partial charge in [-0.3, -0.25) is 4.79 Å². The maximum atomic E-state index is 11.1. The zero-order valence-corrected chi connectivity index (χ0v) is 9.85. The lowest BCUT2D eigenvalue weighted by Crippen LogP contribution is -2.48. The van der Waals surface area contributed by atoms with Gasteiger partial charge in [-0.2, -0.15) is 0 Å². The van der Waals surface area contributed by atoms with Crippen molar-refractivity contribution in [3.8, 4) is 5.75 Å². The van der Waals surface area contributed by atoms with E-state index in [1.54, 1.807) is 7.11 Å². The summed E-state index contributed by atoms with van der Waals surface area (Å²) < 4.78 is 5.09. The fraction of sp³-hybridized carbons (Fsp3) is 0.462. The van der Waals surface area contributed by atoms with Crippen molar-refractivity contribution in [2.24, 2.45) is 11.1 Å². The first kappa shape index (κ1) is 11.9. The summed E-state index contributed by atoms with van der Waals surface area (Å²) >= 11 is 0. The number of carboxylic acid groups (broad SMARTS) is 1. The third kappa shape index (κ3) is 2.00. The number of hydrogen-bond donors (Lipinski definition) is 2. The molecule has 1 aromatic carbocycles. The van der Waals surface area contributed by atoms with E-state index in [1.165, 1.54) is 0 Å². The lowest BCUT2D eigenvalue weighted by atomic mass is 9.60. The molecule has 4 heteroatoms. The zero-order valence-electron chi connectivity index (χ0n) is 9.85. The molecule has 2 rings (SSSR count). The van der Waals surface area contributed by atoms with E-state index in [0.717, 1.165) is 11.3 Å². The van der Waals surface area contributed by atoms with Crippen LogP contribution in [0.25, 0.3) is 0 Å². The van der Waals surface area contributed by atoms with Crippen LogP contribution < -0.4 is 10.5 Å². The molecule has 1 fully saturated rings. The summed E-state index contributed by atoms with van der Waals surface area (Å²) in [5.74, 6) is 0.349. The van der Waals surface area contributed by atoms with Crippen molar-refractivity contribution in [3.63, 3.8) is 0 Å². The molecule has 0 aromatic heterocycles. The Morgan fingerprint density at radius 3 is 2.47 bits per heavy atom. The van der Waals surface area contributed by atoms with Crippen molar-refractivity contribution in [2.75, 3.05) is 13.7 Å². The number of carbonyl (C=O) groups is 1. The number of hydrogen-bond acceptors (Lipinski definition) is 3. The van der Waals surface area contributed by atoms with Crippen LogP contribution >= 0.6 is 0 Å². The summed E-state index contributed by atoms with van der Waals surface area (Å²) in [6.07, 6.45) is 1.26. The van der Waals surface area contributed by atoms with Gasteiger partial charge in [0, 0.05) is 6.54 Å². The van der Waals surface area contributed by atoms with Crippen molar-refractivity contribution in [2.45, 2.75) is 18.8 Å². The number of carboxylic acids is 1. The monoisotopic (exact) mass is 235 g/mol. The van der Waals surface area contributed by atoms with Crippen LogP contribution in [0, 0.1) is 5.41 Å². The standard InChI is InChI=1S/C13H17NO3/c1-17-11-4-2-9(3-5-11)10-6-13(7-10,8-14)12(15)16/h2-5,10H,6-8,14H2,1H3,(H,15,16). The Labute approximate surface area is 100 Å². The van der Waals surface area contributed by atoms with E-state index in [1.807, 2.05) is 24.3 Å². The molecule has 0 unspecified atom stereocenters. The highest BCUT2D eigenvalue weighted by atomic mass is 16.5. The van der Waals surface area contributed by atoms with Crippen molar-refractivity contribution in [3.05, 3.63) is 29.8 Å². The number of benzene rings is 1. The highest BCUT2D eigenvalue weighted by Crippen LogP contribution is 2.50. The SMILES string of the molecule is COc1ccc(C2CC(CN)(C(=O)O)C2)cc1. The fourth-order valence-corrected chi connectivity index (χ4v) is 2.42. The summed E-state index contributed by atoms with van der Waals surface area (Å²) in [5.41, 5.74) is 6.01. The van der Waals surface area contributed by atoms with E-state index in [9.17, 15) is 4.79 Å². The van der Waals surface area contributed by atoms with E-state index in [-0.39, 0.29) is 6.54 Å². The minimum Gasteiger partial charge on any atom is -0.497 e. The van der Waals surface area contributed by atoms with Crippen LogP contribution in [0.1, 0.15) is 24.3 Å². The molecule has 17 heavy (non-hydrogen) atoms. The van der Waals surface area contributed by atoms with Gasteiger partial charge in [0.25, 0.3) is 0 Å². The van der Waals surface area contributed by atoms with Gasteiger partial charge in [-0.15, -0.1) is 0 Å². The van der Waals surface area contributed by atoms with Gasteiger partial charge in [0.05, 0.1) is 12.5 Å². The molecule has 0 amide bonds. The molecular formula is C13H17NO3. The second kappa shape index (κ2) is 4.37. The second-order valence-corrected chi connectivity index (χ2v) is 4.67. The first-order chi connectivity index (χ1) is 8.11. The Hall–Kier alpha value is -1.55. The highest BCUT2D eigenvalue weighted by Gasteiger charge is 2.49. The Kier molecular flexibility index (Phi) is 3.07. The summed E-state index contributed by atoms with van der Waals surface area (Å²) in [5, 5.41) is 9.13. The Bertz CT molecular complexity index is 407. The number of rotatable bonds is 4. The van der Waals surface area contributed by atoms with E-state index in [2.05, 4.69) is 0 Å². The Balaban J connectivity index is 2.05. The zero-order chi connectivity index (χ0) is 12.5. The second-order valence-electron chi connectivity index (χ2n) is 4.67. The van der Waals surface area contributed by atoms with Crippen molar-refractivity contribution in [1.82, 2.24) is 0 Å². The quantitative estimate of drug-likeness (QED) is 0.831. The summed E-state index contributed by atoms with van der Waals surface area (Å²) in [6.45, 7) is 0.217. The summed E-state index contributed by atoms with van der Waals surface area (Å²) in [4.78, 5) is 11.1. The molecule has 1 aliphatic carbocycles. The third-order valence-corrected chi connectivity index (χ3v) is 3.71. The van der Waals surface area contributed by atoms with Crippen LogP contribution in [0.2, 0.25) is 0 Å². The van der Waals surface area contributed by atoms with E-state index in [4.69, 9.17) is 15.6 Å². The van der Waals surface area contributed by atoms with Gasteiger partial charge < -0.3 is 15.6 Å². The van der Waals surface area contributed by atoms with Gasteiger partial charge in [0.1, 0.15) is 5.75 Å². The molecule has 0 radical (unpaired) electrons. The minimum atomic E-state index is -0.773. The normalized spacial score (nSPS) is 27.3. The maximum absolute atomic E-state index is 11.1. The van der Waals surface area contributed by atoms with E-state index >= 15 is 0 Å². The average Bonchev–Trinajstić information content (AvgIpc) is 2.29. The molecule has 4 nitrogen and oxygen atoms in total. The molecule has 1 aliphatic rings. The smallest absolute Gasteiger partial charge is 0.310 e. The van der Waals surface area contributed by atoms with Crippen molar-refractivity contribution < 1.29 is 14.6 Å². The van der Waals surface area contributed by atoms with Crippen molar-refractivity contribution >= 4 is 5.97 Å². The first-order valence-electron chi connectivity index (χ1n) is 5.69. The summed E-state index contributed by atoms with van der Waals surface area (Å²) in [6, 6.07) is 7.79. The molecule has 0 atom stereocenters. The molecule has 1 saturated carbocycles. The van der Waals surface area contributed by atoms with Gasteiger partial charge in [0.2, 0.25) is 0 Å². The van der Waals surface area contributed by atoms with Gasteiger partial charge in [-0.1, -0.05) is 12.1 Å². The van der Waals surface area contributed by atoms with Crippen LogP contribution in [0.5, 0.6) is 5.75 Å². The lowest BCUT2D eigenvalue weighted by molar-refractivity contribution is -0.154. The molecule has 1 aromatic rings. The number of nitrogens with two attached hydrogens (primary N) is 1. The van der Waals surface area contributed by atoms with Crippen molar-refractivity contribution in [1.29, 1.82) is 0 Å². The molecule has 0 bridgehead atoms. The van der Waals surface area contributed by atoms with E-state index in [0.29, 0.717) is 18.8 Å². The Morgan fingerprint density at radius 1 is 1.47 bits per heavy atom. The van der Waals surface area contributed by atoms with E-state index < -0.39 is 11.4 Å². The molecular weight excluding hydrogens is 218 g/mol. The summed E-state index contributed by atoms with van der Waals surface area (Å²) in [7, 11) is 1.63. The number of methoxy groups -OCH3 is 1. The van der Waals surface area contributed by atoms with Gasteiger partial charge in [-0.05, 0) is 36.5 Å². The molecule has 0 spiro atoms. The van der Waals surface area contributed by atoms with Gasteiger partial charge in [-0.25, -0.2) is 0 Å². The fourth-order valence-electron chi connectivity index (χ4n) is 2.42. The van der Waals surface area contributed by atoms with Gasteiger partial charge >= 0.3 is 5.97 Å². The topological polar surface area (TPSA) is 72.5 Å². The lowest BCUT2D eigenvalue weighted by Gasteiger charge is -2.44. The molecule has 3 N–H and O–H groups in total. The molecule has 0 saturated heterocycles. The first-order valence-corrected chi connectivity index (χ1v) is 5.69. The average molecular weight is 235 g/mol. The van der Waals surface area contributed by atoms with Crippen LogP contribution in [0.4, 0.5) is 0 Å². The maximum Gasteiger partial charge on any atom is 0.310 e. The molecule has 0 aliphatic heterocycles. The largest absolute Gasteiger partial charge is 0.497 e. The molecule has 0 heterocycles. The van der Waals surface area contributed by atoms with Crippen LogP contribution in [-0.2, 0) is 4.79 Å². The van der Waals surface area contributed by atoms with Crippen LogP contribution in [-0.4, -0.2) is 24.7 Å². The third-order valence-electron chi connectivity index (χ3n) is 3.71. The minimum absolute atomic E-state index is 0.217. The predicted octanol–water partition coefficient (Wildman–Crippen LogP) is 1.60.